The second-order valence-corrected chi connectivity index (χ2v) is 5.67. The van der Waals surface area contributed by atoms with Gasteiger partial charge in [-0.15, -0.1) is 0 Å². The summed E-state index contributed by atoms with van der Waals surface area (Å²) in [5.41, 5.74) is -0.886. The van der Waals surface area contributed by atoms with Crippen molar-refractivity contribution < 1.29 is 19.8 Å². The molecular weight excluding hydrogens is 256 g/mol. The van der Waals surface area contributed by atoms with Crippen molar-refractivity contribution in [3.8, 4) is 0 Å². The van der Waals surface area contributed by atoms with Crippen LogP contribution >= 0.6 is 0 Å². The van der Waals surface area contributed by atoms with Gasteiger partial charge in [0.25, 0.3) is 0 Å². The molecule has 4 heteroatoms. The number of hydrogen-bond donors (Lipinski definition) is 2. The molecule has 0 aromatic rings. The Balaban J connectivity index is 4.75. The predicted octanol–water partition coefficient (Wildman–Crippen LogP) is 4.33. The van der Waals surface area contributed by atoms with Crippen LogP contribution in [0.1, 0.15) is 78.6 Å². The summed E-state index contributed by atoms with van der Waals surface area (Å²) >= 11 is 0. The lowest BCUT2D eigenvalue weighted by molar-refractivity contribution is -0.155. The topological polar surface area (TPSA) is 74.6 Å². The molecule has 1 atom stereocenters. The summed E-state index contributed by atoms with van der Waals surface area (Å²) in [6.45, 7) is 5.85. The lowest BCUT2D eigenvalue weighted by Gasteiger charge is -2.35. The molecular formula is C16H30O4. The summed E-state index contributed by atoms with van der Waals surface area (Å²) < 4.78 is 0. The zero-order valence-electron chi connectivity index (χ0n) is 13.2. The van der Waals surface area contributed by atoms with Crippen molar-refractivity contribution in [2.24, 2.45) is 11.3 Å². The summed E-state index contributed by atoms with van der Waals surface area (Å²) in [4.78, 5) is 22.7. The van der Waals surface area contributed by atoms with Crippen LogP contribution in [-0.2, 0) is 9.59 Å². The molecule has 0 aliphatic carbocycles. The molecule has 0 aromatic carbocycles. The Morgan fingerprint density at radius 3 is 1.90 bits per heavy atom. The van der Waals surface area contributed by atoms with Gasteiger partial charge in [0.05, 0.1) is 5.41 Å². The highest BCUT2D eigenvalue weighted by Gasteiger charge is 2.43. The highest BCUT2D eigenvalue weighted by atomic mass is 16.4. The highest BCUT2D eigenvalue weighted by molar-refractivity contribution is 5.76. The minimum absolute atomic E-state index is 0.0399. The summed E-state index contributed by atoms with van der Waals surface area (Å²) in [6.07, 6.45) is 7.13. The van der Waals surface area contributed by atoms with Crippen molar-refractivity contribution in [2.45, 2.75) is 78.6 Å². The molecule has 0 saturated heterocycles. The first kappa shape index (κ1) is 18.9. The maximum atomic E-state index is 11.6. The first-order valence-electron chi connectivity index (χ1n) is 7.89. The number of hydrogen-bond acceptors (Lipinski definition) is 2. The van der Waals surface area contributed by atoms with E-state index in [0.717, 1.165) is 19.3 Å². The van der Waals surface area contributed by atoms with Gasteiger partial charge < -0.3 is 10.2 Å². The van der Waals surface area contributed by atoms with E-state index in [1.807, 2.05) is 13.8 Å². The highest BCUT2D eigenvalue weighted by Crippen LogP contribution is 2.40. The third-order valence-corrected chi connectivity index (χ3v) is 4.55. The molecule has 0 rings (SSSR count). The van der Waals surface area contributed by atoms with E-state index in [0.29, 0.717) is 19.3 Å². The second kappa shape index (κ2) is 9.78. The zero-order valence-corrected chi connectivity index (χ0v) is 13.2. The Hall–Kier alpha value is -1.06. The monoisotopic (exact) mass is 286 g/mol. The van der Waals surface area contributed by atoms with Gasteiger partial charge in [0, 0.05) is 6.42 Å². The van der Waals surface area contributed by atoms with E-state index in [2.05, 4.69) is 6.92 Å². The minimum Gasteiger partial charge on any atom is -0.481 e. The Bertz CT molecular complexity index is 295. The number of carbonyl (C=O) groups is 2. The van der Waals surface area contributed by atoms with Gasteiger partial charge in [0.1, 0.15) is 0 Å². The molecule has 20 heavy (non-hydrogen) atoms. The Labute approximate surface area is 122 Å². The van der Waals surface area contributed by atoms with E-state index in [9.17, 15) is 14.7 Å². The molecule has 0 aliphatic heterocycles. The summed E-state index contributed by atoms with van der Waals surface area (Å²) in [5.74, 6) is -2.01. The number of unbranched alkanes of at least 4 members (excludes halogenated alkanes) is 4. The van der Waals surface area contributed by atoms with Crippen LogP contribution in [0.25, 0.3) is 0 Å². The van der Waals surface area contributed by atoms with Crippen LogP contribution in [0.3, 0.4) is 0 Å². The lowest BCUT2D eigenvalue weighted by atomic mass is 9.68. The zero-order chi connectivity index (χ0) is 15.6. The van der Waals surface area contributed by atoms with E-state index < -0.39 is 17.4 Å². The number of aliphatic carboxylic acids is 2. The van der Waals surface area contributed by atoms with Crippen LogP contribution in [-0.4, -0.2) is 22.2 Å². The molecule has 0 aromatic heterocycles. The molecule has 0 aliphatic rings. The van der Waals surface area contributed by atoms with E-state index in [1.54, 1.807) is 0 Å². The van der Waals surface area contributed by atoms with Crippen molar-refractivity contribution in [2.75, 3.05) is 0 Å². The molecule has 0 saturated carbocycles. The van der Waals surface area contributed by atoms with Gasteiger partial charge in [-0.2, -0.15) is 0 Å². The molecule has 0 heterocycles. The third-order valence-electron chi connectivity index (χ3n) is 4.55. The Kier molecular flexibility index (Phi) is 9.26. The molecule has 0 spiro atoms. The smallest absolute Gasteiger partial charge is 0.309 e. The van der Waals surface area contributed by atoms with Crippen LogP contribution < -0.4 is 0 Å². The van der Waals surface area contributed by atoms with Crippen molar-refractivity contribution in [1.29, 1.82) is 0 Å². The molecule has 2 N–H and O–H groups in total. The van der Waals surface area contributed by atoms with Crippen molar-refractivity contribution in [3.05, 3.63) is 0 Å². The first-order chi connectivity index (χ1) is 9.44. The normalized spacial score (nSPS) is 13.2. The van der Waals surface area contributed by atoms with Crippen LogP contribution in [0.4, 0.5) is 0 Å². The quantitative estimate of drug-likeness (QED) is 0.524. The standard InChI is InChI=1S/C16H30O4/c1-4-7-8-9-10-11-13(12-14(17)18)16(5-2,6-3)15(19)20/h13H,4-12H2,1-3H3,(H,17,18)(H,19,20). The fraction of sp³-hybridized carbons (Fsp3) is 0.875. The summed E-state index contributed by atoms with van der Waals surface area (Å²) in [7, 11) is 0. The van der Waals surface area contributed by atoms with Gasteiger partial charge in [0.2, 0.25) is 0 Å². The maximum absolute atomic E-state index is 11.6. The van der Waals surface area contributed by atoms with Gasteiger partial charge in [0.15, 0.2) is 0 Å². The average molecular weight is 286 g/mol. The molecule has 118 valence electrons. The second-order valence-electron chi connectivity index (χ2n) is 5.67. The molecule has 4 nitrogen and oxygen atoms in total. The minimum atomic E-state index is -0.893. The van der Waals surface area contributed by atoms with Gasteiger partial charge >= 0.3 is 11.9 Å². The van der Waals surface area contributed by atoms with Gasteiger partial charge in [-0.1, -0.05) is 52.9 Å². The summed E-state index contributed by atoms with van der Waals surface area (Å²) in [5, 5.41) is 18.6. The third kappa shape index (κ3) is 5.51. The maximum Gasteiger partial charge on any atom is 0.309 e. The molecule has 0 radical (unpaired) electrons. The molecule has 1 unspecified atom stereocenters. The van der Waals surface area contributed by atoms with Gasteiger partial charge in [-0.3, -0.25) is 9.59 Å². The number of rotatable bonds is 12. The number of carboxylic acid groups (broad SMARTS) is 2. The SMILES string of the molecule is CCCCCCCC(CC(=O)O)C(CC)(CC)C(=O)O. The fourth-order valence-electron chi connectivity index (χ4n) is 3.08. The van der Waals surface area contributed by atoms with E-state index in [1.165, 1.54) is 12.8 Å². The van der Waals surface area contributed by atoms with Gasteiger partial charge in [-0.25, -0.2) is 0 Å². The van der Waals surface area contributed by atoms with Crippen LogP contribution in [0.5, 0.6) is 0 Å². The number of carboxylic acids is 2. The molecule has 0 amide bonds. The first-order valence-corrected chi connectivity index (χ1v) is 7.89. The predicted molar refractivity (Wildman–Crippen MR) is 79.8 cm³/mol. The van der Waals surface area contributed by atoms with Crippen LogP contribution in [0, 0.1) is 11.3 Å². The fourth-order valence-corrected chi connectivity index (χ4v) is 3.08. The van der Waals surface area contributed by atoms with E-state index in [-0.39, 0.29) is 12.3 Å². The average Bonchev–Trinajstić information content (AvgIpc) is 2.39. The van der Waals surface area contributed by atoms with Crippen LogP contribution in [0.15, 0.2) is 0 Å². The van der Waals surface area contributed by atoms with Gasteiger partial charge in [-0.05, 0) is 25.2 Å². The van der Waals surface area contributed by atoms with Crippen molar-refractivity contribution >= 4 is 11.9 Å². The van der Waals surface area contributed by atoms with E-state index >= 15 is 0 Å². The Morgan fingerprint density at radius 2 is 1.50 bits per heavy atom. The van der Waals surface area contributed by atoms with Crippen LogP contribution in [0.2, 0.25) is 0 Å². The molecule has 0 bridgehead atoms. The Morgan fingerprint density at radius 1 is 0.950 bits per heavy atom. The van der Waals surface area contributed by atoms with Crippen molar-refractivity contribution in [3.63, 3.8) is 0 Å². The molecule has 0 fully saturated rings. The largest absolute Gasteiger partial charge is 0.481 e. The van der Waals surface area contributed by atoms with Crippen molar-refractivity contribution in [1.82, 2.24) is 0 Å². The summed E-state index contributed by atoms with van der Waals surface area (Å²) in [6, 6.07) is 0. The van der Waals surface area contributed by atoms with E-state index in [4.69, 9.17) is 5.11 Å². The lowest BCUT2D eigenvalue weighted by Crippen LogP contribution is -2.39.